The van der Waals surface area contributed by atoms with E-state index < -0.39 is 30.5 Å². The summed E-state index contributed by atoms with van der Waals surface area (Å²) in [6.45, 7) is 0. The van der Waals surface area contributed by atoms with E-state index in [1.54, 1.807) is 12.1 Å². The van der Waals surface area contributed by atoms with Crippen LogP contribution in [-0.2, 0) is 19.9 Å². The van der Waals surface area contributed by atoms with Crippen molar-refractivity contribution in [1.82, 2.24) is 0 Å². The lowest BCUT2D eigenvalue weighted by atomic mass is 9.94. The molecular formula is C22H13Cl2NO5S2. The highest BCUT2D eigenvalue weighted by Gasteiger charge is 2.34. The van der Waals surface area contributed by atoms with Gasteiger partial charge < -0.3 is 0 Å². The zero-order chi connectivity index (χ0) is 23.1. The number of carbonyl (C=O) groups excluding carboxylic acids is 1. The minimum atomic E-state index is -4.27. The van der Waals surface area contributed by atoms with E-state index in [-0.39, 0.29) is 26.6 Å². The number of ketones is 1. The number of nitrogens with zero attached hydrogens (tertiary/aromatic N) is 1. The van der Waals surface area contributed by atoms with Crippen LogP contribution in [0.15, 0.2) is 98.0 Å². The van der Waals surface area contributed by atoms with Gasteiger partial charge in [0.05, 0.1) is 15.5 Å². The molecule has 0 saturated carbocycles. The van der Waals surface area contributed by atoms with Crippen LogP contribution in [0.1, 0.15) is 15.9 Å². The largest absolute Gasteiger partial charge is 0.288 e. The molecule has 3 aromatic rings. The molecular weight excluding hydrogens is 493 g/mol. The Bertz CT molecular complexity index is 1510. The summed E-state index contributed by atoms with van der Waals surface area (Å²) >= 11 is 11.7. The lowest BCUT2D eigenvalue weighted by Gasteiger charge is -2.17. The van der Waals surface area contributed by atoms with Gasteiger partial charge in [-0.1, -0.05) is 47.5 Å². The van der Waals surface area contributed by atoms with Gasteiger partial charge in [-0.05, 0) is 54.6 Å². The maximum atomic E-state index is 13.2. The van der Waals surface area contributed by atoms with Crippen molar-refractivity contribution in [3.63, 3.8) is 0 Å². The van der Waals surface area contributed by atoms with E-state index in [0.717, 1.165) is 6.08 Å². The summed E-state index contributed by atoms with van der Waals surface area (Å²) in [5, 5.41) is 0.677. The first-order chi connectivity index (χ1) is 15.1. The van der Waals surface area contributed by atoms with Gasteiger partial charge in [0, 0.05) is 21.2 Å². The topological polar surface area (TPSA) is 97.7 Å². The molecule has 0 spiro atoms. The molecule has 0 amide bonds. The number of hydrogen-bond donors (Lipinski definition) is 0. The molecule has 0 atom stereocenters. The smallest absolute Gasteiger partial charge is 0.282 e. The van der Waals surface area contributed by atoms with Crippen molar-refractivity contribution < 1.29 is 21.6 Å². The highest BCUT2D eigenvalue weighted by atomic mass is 35.5. The SMILES string of the molecule is O=C1C(S(=O)(=O)c2ccc(Cl)cc2)=C/C(=N\S(=O)(=O)c2ccc(Cl)cc2)c2ccccc21. The average molecular weight is 506 g/mol. The Morgan fingerprint density at radius 2 is 1.16 bits per heavy atom. The Balaban J connectivity index is 1.92. The molecule has 162 valence electrons. The molecule has 0 radical (unpaired) electrons. The van der Waals surface area contributed by atoms with Gasteiger partial charge >= 0.3 is 0 Å². The summed E-state index contributed by atoms with van der Waals surface area (Å²) < 4.78 is 55.9. The third-order valence-electron chi connectivity index (χ3n) is 4.68. The number of fused-ring (bicyclic) bond motifs is 1. The van der Waals surface area contributed by atoms with Crippen molar-refractivity contribution >= 4 is 54.6 Å². The second-order valence-corrected chi connectivity index (χ2v) is 11.1. The van der Waals surface area contributed by atoms with E-state index in [4.69, 9.17) is 23.2 Å². The first kappa shape index (κ1) is 22.4. The van der Waals surface area contributed by atoms with Crippen LogP contribution in [0.25, 0.3) is 0 Å². The number of sulfone groups is 1. The summed E-state index contributed by atoms with van der Waals surface area (Å²) in [5.41, 5.74) is 0.0837. The van der Waals surface area contributed by atoms with Crippen LogP contribution in [0, 0.1) is 0 Å². The molecule has 3 aromatic carbocycles. The van der Waals surface area contributed by atoms with Crippen LogP contribution in [0.4, 0.5) is 0 Å². The van der Waals surface area contributed by atoms with Gasteiger partial charge in [-0.25, -0.2) is 8.42 Å². The van der Waals surface area contributed by atoms with Crippen molar-refractivity contribution in [3.8, 4) is 0 Å². The van der Waals surface area contributed by atoms with Crippen LogP contribution in [0.5, 0.6) is 0 Å². The summed E-state index contributed by atoms with van der Waals surface area (Å²) in [6, 6.07) is 16.8. The molecule has 0 aliphatic heterocycles. The molecule has 32 heavy (non-hydrogen) atoms. The van der Waals surface area contributed by atoms with Gasteiger partial charge in [-0.15, -0.1) is 0 Å². The number of carbonyl (C=O) groups is 1. The zero-order valence-corrected chi connectivity index (χ0v) is 19.2. The average Bonchev–Trinajstić information content (AvgIpc) is 2.76. The third-order valence-corrected chi connectivity index (χ3v) is 8.27. The van der Waals surface area contributed by atoms with Crippen LogP contribution in [-0.4, -0.2) is 28.3 Å². The van der Waals surface area contributed by atoms with E-state index in [1.807, 2.05) is 0 Å². The first-order valence-electron chi connectivity index (χ1n) is 9.06. The number of Topliss-reactive ketones (excluding diaryl/α,β-unsaturated/α-hetero) is 1. The fourth-order valence-electron chi connectivity index (χ4n) is 3.11. The molecule has 1 aliphatic rings. The molecule has 0 saturated heterocycles. The number of benzene rings is 3. The Morgan fingerprint density at radius 1 is 0.656 bits per heavy atom. The molecule has 0 unspecified atom stereocenters. The van der Waals surface area contributed by atoms with Gasteiger partial charge in [0.15, 0.2) is 0 Å². The van der Waals surface area contributed by atoms with E-state index in [1.165, 1.54) is 60.7 Å². The highest BCUT2D eigenvalue weighted by Crippen LogP contribution is 2.30. The van der Waals surface area contributed by atoms with Crippen LogP contribution in [0.3, 0.4) is 0 Å². The second kappa shape index (κ2) is 8.29. The monoisotopic (exact) mass is 505 g/mol. The van der Waals surface area contributed by atoms with Crippen molar-refractivity contribution in [2.45, 2.75) is 9.79 Å². The summed E-state index contributed by atoms with van der Waals surface area (Å²) in [6.07, 6.45) is 0.988. The summed E-state index contributed by atoms with van der Waals surface area (Å²) in [5.74, 6) is -0.751. The first-order valence-corrected chi connectivity index (χ1v) is 12.7. The second-order valence-electron chi connectivity index (χ2n) is 6.75. The maximum absolute atomic E-state index is 13.2. The van der Waals surface area contributed by atoms with Crippen molar-refractivity contribution in [2.24, 2.45) is 4.40 Å². The van der Waals surface area contributed by atoms with E-state index >= 15 is 0 Å². The standard InChI is InChI=1S/C22H13Cl2NO5S2/c23-14-5-9-16(10-6-14)31(27,28)21-13-20(18-3-1-2-4-19(18)22(21)26)25-32(29,30)17-11-7-15(24)8-12-17/h1-13H/b25-20+. The predicted molar refractivity (Wildman–Crippen MR) is 123 cm³/mol. The van der Waals surface area contributed by atoms with Crippen molar-refractivity contribution in [2.75, 3.05) is 0 Å². The summed E-state index contributed by atoms with van der Waals surface area (Å²) in [4.78, 5) is 12.2. The number of sulfonamides is 1. The van der Waals surface area contributed by atoms with E-state index in [0.29, 0.717) is 10.0 Å². The lowest BCUT2D eigenvalue weighted by molar-refractivity contribution is 0.104. The molecule has 0 bridgehead atoms. The third kappa shape index (κ3) is 4.14. The quantitative estimate of drug-likeness (QED) is 0.510. The Morgan fingerprint density at radius 3 is 1.72 bits per heavy atom. The van der Waals surface area contributed by atoms with E-state index in [2.05, 4.69) is 4.40 Å². The Labute approximate surface area is 194 Å². The van der Waals surface area contributed by atoms with Crippen LogP contribution >= 0.6 is 23.2 Å². The Kier molecular flexibility index (Phi) is 5.81. The summed E-state index contributed by atoms with van der Waals surface area (Å²) in [7, 11) is -8.48. The van der Waals surface area contributed by atoms with Crippen LogP contribution < -0.4 is 0 Å². The molecule has 10 heteroatoms. The number of halogens is 2. The van der Waals surface area contributed by atoms with Crippen molar-refractivity contribution in [3.05, 3.63) is 105 Å². The highest BCUT2D eigenvalue weighted by molar-refractivity contribution is 7.96. The fraction of sp³-hybridized carbons (Fsp3) is 0. The van der Waals surface area contributed by atoms with Gasteiger partial charge in [0.25, 0.3) is 10.0 Å². The number of rotatable bonds is 4. The molecule has 0 N–H and O–H groups in total. The molecule has 6 nitrogen and oxygen atoms in total. The number of hydrogen-bond acceptors (Lipinski definition) is 5. The van der Waals surface area contributed by atoms with Crippen LogP contribution in [0.2, 0.25) is 10.0 Å². The lowest BCUT2D eigenvalue weighted by Crippen LogP contribution is -2.23. The molecule has 0 fully saturated rings. The number of allylic oxidation sites excluding steroid dienone is 2. The van der Waals surface area contributed by atoms with Gasteiger partial charge in [-0.2, -0.15) is 12.8 Å². The predicted octanol–water partition coefficient (Wildman–Crippen LogP) is 4.73. The molecule has 0 heterocycles. The zero-order valence-electron chi connectivity index (χ0n) is 16.1. The normalized spacial score (nSPS) is 15.4. The molecule has 0 aromatic heterocycles. The maximum Gasteiger partial charge on any atom is 0.282 e. The fourth-order valence-corrected chi connectivity index (χ4v) is 5.73. The molecule has 1 aliphatic carbocycles. The van der Waals surface area contributed by atoms with Gasteiger partial charge in [0.2, 0.25) is 15.6 Å². The Hall–Kier alpha value is -2.78. The van der Waals surface area contributed by atoms with Crippen molar-refractivity contribution in [1.29, 1.82) is 0 Å². The minimum absolute atomic E-state index is 0.0348. The molecule has 4 rings (SSSR count). The minimum Gasteiger partial charge on any atom is -0.288 e. The van der Waals surface area contributed by atoms with Gasteiger partial charge in [-0.3, -0.25) is 4.79 Å². The van der Waals surface area contributed by atoms with E-state index in [9.17, 15) is 21.6 Å². The van der Waals surface area contributed by atoms with Gasteiger partial charge in [0.1, 0.15) is 4.91 Å².